The van der Waals surface area contributed by atoms with Gasteiger partial charge in [0.1, 0.15) is 11.5 Å². The van der Waals surface area contributed by atoms with E-state index in [0.29, 0.717) is 29.0 Å². The van der Waals surface area contributed by atoms with Gasteiger partial charge in [-0.3, -0.25) is 4.79 Å². The van der Waals surface area contributed by atoms with Crippen LogP contribution in [0.25, 0.3) is 0 Å². The molecule has 0 fully saturated rings. The highest BCUT2D eigenvalue weighted by atomic mass is 16.5. The van der Waals surface area contributed by atoms with Crippen LogP contribution < -0.4 is 15.2 Å². The van der Waals surface area contributed by atoms with Gasteiger partial charge in [0.05, 0.1) is 25.5 Å². The summed E-state index contributed by atoms with van der Waals surface area (Å²) < 4.78 is 9.90. The van der Waals surface area contributed by atoms with Crippen LogP contribution in [0.15, 0.2) is 12.1 Å². The maximum absolute atomic E-state index is 10.7. The molecule has 0 unspecified atom stereocenters. The third-order valence-electron chi connectivity index (χ3n) is 1.76. The number of nitrogens with two attached hydrogens (primary N) is 1. The van der Waals surface area contributed by atoms with Gasteiger partial charge in [-0.25, -0.2) is 0 Å². The Morgan fingerprint density at radius 1 is 1.23 bits per heavy atom. The molecule has 0 heterocycles. The number of carbonyl (C=O) groups excluding carboxylic acids is 1. The van der Waals surface area contributed by atoms with Crippen molar-refractivity contribution in [1.82, 2.24) is 0 Å². The number of hydrogen-bond donors (Lipinski definition) is 1. The summed E-state index contributed by atoms with van der Waals surface area (Å²) in [4.78, 5) is 10.7. The van der Waals surface area contributed by atoms with Crippen molar-refractivity contribution in [2.24, 2.45) is 0 Å². The molecule has 0 saturated carbocycles. The van der Waals surface area contributed by atoms with E-state index in [0.717, 1.165) is 0 Å². The van der Waals surface area contributed by atoms with Crippen molar-refractivity contribution in [3.05, 3.63) is 17.7 Å². The molecular formula is C9H11NO3. The molecule has 4 heteroatoms. The van der Waals surface area contributed by atoms with Crippen molar-refractivity contribution in [2.75, 3.05) is 20.0 Å². The van der Waals surface area contributed by atoms with Gasteiger partial charge >= 0.3 is 0 Å². The minimum absolute atomic E-state index is 0.303. The molecule has 0 aliphatic carbocycles. The molecule has 1 rings (SSSR count). The van der Waals surface area contributed by atoms with E-state index in [2.05, 4.69) is 0 Å². The Labute approximate surface area is 76.3 Å². The summed E-state index contributed by atoms with van der Waals surface area (Å²) in [6.07, 6.45) is 0.649. The highest BCUT2D eigenvalue weighted by molar-refractivity contribution is 5.89. The average molecular weight is 181 g/mol. The lowest BCUT2D eigenvalue weighted by molar-refractivity contribution is 0.112. The number of anilines is 1. The highest BCUT2D eigenvalue weighted by Crippen LogP contribution is 2.30. The first kappa shape index (κ1) is 9.38. The number of benzene rings is 1. The van der Waals surface area contributed by atoms with Gasteiger partial charge in [-0.1, -0.05) is 0 Å². The van der Waals surface area contributed by atoms with E-state index in [1.807, 2.05) is 0 Å². The van der Waals surface area contributed by atoms with Crippen LogP contribution >= 0.6 is 0 Å². The Balaban J connectivity index is 3.31. The fraction of sp³-hybridized carbons (Fsp3) is 0.222. The number of hydrogen-bond acceptors (Lipinski definition) is 4. The second-order valence-corrected chi connectivity index (χ2v) is 2.42. The summed E-state index contributed by atoms with van der Waals surface area (Å²) in [6, 6.07) is 3.29. The fourth-order valence-electron chi connectivity index (χ4n) is 1.07. The Hall–Kier alpha value is -1.71. The van der Waals surface area contributed by atoms with Gasteiger partial charge in [0.15, 0.2) is 6.29 Å². The van der Waals surface area contributed by atoms with E-state index in [1.165, 1.54) is 14.2 Å². The van der Waals surface area contributed by atoms with Crippen molar-refractivity contribution in [3.8, 4) is 11.5 Å². The van der Waals surface area contributed by atoms with Crippen LogP contribution in [0.2, 0.25) is 0 Å². The fourth-order valence-corrected chi connectivity index (χ4v) is 1.07. The molecule has 0 bridgehead atoms. The van der Waals surface area contributed by atoms with Crippen LogP contribution in [-0.4, -0.2) is 20.5 Å². The SMILES string of the molecule is COc1ccc(OC)c(C=O)c1N. The standard InChI is InChI=1S/C9H11NO3/c1-12-7-3-4-8(13-2)9(10)6(7)5-11/h3-5H,10H2,1-2H3. The Morgan fingerprint density at radius 2 is 1.77 bits per heavy atom. The summed E-state index contributed by atoms with van der Waals surface area (Å²) in [5.74, 6) is 0.927. The second kappa shape index (κ2) is 3.80. The van der Waals surface area contributed by atoms with Crippen LogP contribution in [-0.2, 0) is 0 Å². The third kappa shape index (κ3) is 1.56. The van der Waals surface area contributed by atoms with E-state index in [1.54, 1.807) is 12.1 Å². The van der Waals surface area contributed by atoms with Crippen LogP contribution in [0, 0.1) is 0 Å². The zero-order valence-electron chi connectivity index (χ0n) is 7.53. The molecule has 70 valence electrons. The summed E-state index contributed by atoms with van der Waals surface area (Å²) in [7, 11) is 2.97. The molecule has 0 amide bonds. The van der Waals surface area contributed by atoms with Crippen molar-refractivity contribution in [1.29, 1.82) is 0 Å². The smallest absolute Gasteiger partial charge is 0.156 e. The lowest BCUT2D eigenvalue weighted by Gasteiger charge is -2.09. The normalized spacial score (nSPS) is 9.38. The van der Waals surface area contributed by atoms with Gasteiger partial charge in [0.25, 0.3) is 0 Å². The van der Waals surface area contributed by atoms with Crippen molar-refractivity contribution in [2.45, 2.75) is 0 Å². The van der Waals surface area contributed by atoms with E-state index in [-0.39, 0.29) is 0 Å². The lowest BCUT2D eigenvalue weighted by Crippen LogP contribution is -2.00. The summed E-state index contributed by atoms with van der Waals surface area (Å²) in [5, 5.41) is 0. The van der Waals surface area contributed by atoms with Gasteiger partial charge in [-0.2, -0.15) is 0 Å². The summed E-state index contributed by atoms with van der Waals surface area (Å²) in [6.45, 7) is 0. The molecule has 13 heavy (non-hydrogen) atoms. The third-order valence-corrected chi connectivity index (χ3v) is 1.76. The number of methoxy groups -OCH3 is 2. The molecule has 4 nitrogen and oxygen atoms in total. The quantitative estimate of drug-likeness (QED) is 0.560. The van der Waals surface area contributed by atoms with E-state index in [9.17, 15) is 4.79 Å². The Morgan fingerprint density at radius 3 is 2.23 bits per heavy atom. The molecule has 0 aromatic heterocycles. The van der Waals surface area contributed by atoms with Crippen molar-refractivity contribution in [3.63, 3.8) is 0 Å². The van der Waals surface area contributed by atoms with Gasteiger partial charge in [0, 0.05) is 0 Å². The first-order chi connectivity index (χ1) is 6.24. The van der Waals surface area contributed by atoms with E-state index < -0.39 is 0 Å². The Kier molecular flexibility index (Phi) is 2.74. The zero-order chi connectivity index (χ0) is 9.84. The molecule has 0 aliphatic rings. The lowest BCUT2D eigenvalue weighted by atomic mass is 10.1. The minimum Gasteiger partial charge on any atom is -0.496 e. The number of nitrogen functional groups attached to an aromatic ring is 1. The van der Waals surface area contributed by atoms with Crippen molar-refractivity contribution < 1.29 is 14.3 Å². The van der Waals surface area contributed by atoms with Crippen LogP contribution in [0.1, 0.15) is 10.4 Å². The largest absolute Gasteiger partial charge is 0.496 e. The van der Waals surface area contributed by atoms with Gasteiger partial charge in [-0.15, -0.1) is 0 Å². The molecule has 1 aromatic carbocycles. The maximum atomic E-state index is 10.7. The van der Waals surface area contributed by atoms with Gasteiger partial charge in [-0.05, 0) is 12.1 Å². The zero-order valence-corrected chi connectivity index (χ0v) is 7.53. The number of carbonyl (C=O) groups is 1. The van der Waals surface area contributed by atoms with E-state index in [4.69, 9.17) is 15.2 Å². The predicted molar refractivity (Wildman–Crippen MR) is 49.3 cm³/mol. The molecule has 0 saturated heterocycles. The highest BCUT2D eigenvalue weighted by Gasteiger charge is 2.10. The first-order valence-corrected chi connectivity index (χ1v) is 3.70. The first-order valence-electron chi connectivity index (χ1n) is 3.70. The molecule has 0 spiro atoms. The van der Waals surface area contributed by atoms with Crippen LogP contribution in [0.5, 0.6) is 11.5 Å². The predicted octanol–water partition coefficient (Wildman–Crippen LogP) is 1.10. The van der Waals surface area contributed by atoms with Gasteiger partial charge < -0.3 is 15.2 Å². The number of aldehydes is 1. The maximum Gasteiger partial charge on any atom is 0.156 e. The Bertz CT molecular complexity index is 323. The molecule has 0 atom stereocenters. The summed E-state index contributed by atoms with van der Waals surface area (Å²) >= 11 is 0. The molecule has 0 radical (unpaired) electrons. The topological polar surface area (TPSA) is 61.5 Å². The molecule has 1 aromatic rings. The van der Waals surface area contributed by atoms with E-state index >= 15 is 0 Å². The van der Waals surface area contributed by atoms with Crippen LogP contribution in [0.4, 0.5) is 5.69 Å². The molecular weight excluding hydrogens is 170 g/mol. The number of rotatable bonds is 3. The number of ether oxygens (including phenoxy) is 2. The molecule has 2 N–H and O–H groups in total. The summed E-state index contributed by atoms with van der Waals surface area (Å²) in [5.41, 5.74) is 6.27. The second-order valence-electron chi connectivity index (χ2n) is 2.42. The molecule has 0 aliphatic heterocycles. The van der Waals surface area contributed by atoms with Gasteiger partial charge in [0.2, 0.25) is 0 Å². The monoisotopic (exact) mass is 181 g/mol. The minimum atomic E-state index is 0.303. The van der Waals surface area contributed by atoms with Crippen molar-refractivity contribution >= 4 is 12.0 Å². The average Bonchev–Trinajstić information content (AvgIpc) is 2.17. The van der Waals surface area contributed by atoms with Crippen LogP contribution in [0.3, 0.4) is 0 Å².